The van der Waals surface area contributed by atoms with Crippen LogP contribution in [-0.2, 0) is 11.2 Å². The van der Waals surface area contributed by atoms with Gasteiger partial charge in [-0.3, -0.25) is 9.69 Å². The van der Waals surface area contributed by atoms with E-state index in [2.05, 4.69) is 21.6 Å². The van der Waals surface area contributed by atoms with Gasteiger partial charge in [0.25, 0.3) is 0 Å². The van der Waals surface area contributed by atoms with Crippen LogP contribution in [0.4, 0.5) is 0 Å². The lowest BCUT2D eigenvalue weighted by atomic mass is 10.2. The second-order valence-corrected chi connectivity index (χ2v) is 6.41. The van der Waals surface area contributed by atoms with Crippen molar-refractivity contribution in [2.24, 2.45) is 0 Å². The maximum absolute atomic E-state index is 11.5. The van der Waals surface area contributed by atoms with E-state index in [0.717, 1.165) is 50.4 Å². The maximum Gasteiger partial charge on any atom is 0.246 e. The molecule has 1 fully saturated rings. The van der Waals surface area contributed by atoms with Crippen LogP contribution in [0.3, 0.4) is 0 Å². The molecule has 6 nitrogen and oxygen atoms in total. The zero-order valence-electron chi connectivity index (χ0n) is 13.0. The van der Waals surface area contributed by atoms with Crippen LogP contribution in [0, 0.1) is 0 Å². The number of hydrogen-bond acceptors (Lipinski definition) is 6. The second kappa shape index (κ2) is 7.52. The molecule has 2 aromatic rings. The quantitative estimate of drug-likeness (QED) is 0.758. The number of rotatable bonds is 6. The summed E-state index contributed by atoms with van der Waals surface area (Å²) in [5.74, 6) is 1.39. The van der Waals surface area contributed by atoms with Gasteiger partial charge in [-0.2, -0.15) is 4.98 Å². The molecule has 1 amide bonds. The maximum atomic E-state index is 11.5. The van der Waals surface area contributed by atoms with Gasteiger partial charge in [0.15, 0.2) is 0 Å². The molecule has 0 bridgehead atoms. The van der Waals surface area contributed by atoms with E-state index in [9.17, 15) is 4.79 Å². The van der Waals surface area contributed by atoms with Crippen molar-refractivity contribution in [3.63, 3.8) is 0 Å². The highest BCUT2D eigenvalue weighted by Crippen LogP contribution is 2.21. The predicted octanol–water partition coefficient (Wildman–Crippen LogP) is 2.06. The van der Waals surface area contributed by atoms with Crippen LogP contribution in [0.15, 0.2) is 34.7 Å². The Bertz CT molecular complexity index is 645. The van der Waals surface area contributed by atoms with Crippen LogP contribution < -0.4 is 0 Å². The Kier molecular flexibility index (Phi) is 5.19. The third-order valence-corrected chi connectivity index (χ3v) is 4.80. The lowest BCUT2D eigenvalue weighted by Gasteiger charge is -2.34. The summed E-state index contributed by atoms with van der Waals surface area (Å²) in [5, 5.41) is 6.02. The molecule has 1 aliphatic rings. The summed E-state index contributed by atoms with van der Waals surface area (Å²) in [7, 11) is 0. The fourth-order valence-corrected chi connectivity index (χ4v) is 3.29. The van der Waals surface area contributed by atoms with Crippen LogP contribution in [-0.4, -0.2) is 58.6 Å². The average molecular weight is 332 g/mol. The summed E-state index contributed by atoms with van der Waals surface area (Å²) in [6.45, 7) is 7.87. The van der Waals surface area contributed by atoms with Gasteiger partial charge in [0.2, 0.25) is 17.6 Å². The summed E-state index contributed by atoms with van der Waals surface area (Å²) < 4.78 is 5.30. The normalized spacial score (nSPS) is 15.7. The number of nitrogens with zero attached hydrogens (tertiary/aromatic N) is 4. The summed E-state index contributed by atoms with van der Waals surface area (Å²) in [5.41, 5.74) is 0. The van der Waals surface area contributed by atoms with Gasteiger partial charge in [-0.1, -0.05) is 17.8 Å². The van der Waals surface area contributed by atoms with Crippen molar-refractivity contribution in [1.82, 2.24) is 19.9 Å². The van der Waals surface area contributed by atoms with Gasteiger partial charge in [-0.05, 0) is 30.5 Å². The molecule has 0 aliphatic carbocycles. The van der Waals surface area contributed by atoms with Crippen molar-refractivity contribution < 1.29 is 9.32 Å². The minimum absolute atomic E-state index is 0.0246. The number of thiophene rings is 1. The van der Waals surface area contributed by atoms with Crippen molar-refractivity contribution in [1.29, 1.82) is 0 Å². The molecule has 1 saturated heterocycles. The van der Waals surface area contributed by atoms with Gasteiger partial charge in [-0.15, -0.1) is 11.3 Å². The molecule has 3 heterocycles. The predicted molar refractivity (Wildman–Crippen MR) is 89.1 cm³/mol. The first kappa shape index (κ1) is 15.9. The van der Waals surface area contributed by atoms with Crippen LogP contribution in [0.25, 0.3) is 10.7 Å². The van der Waals surface area contributed by atoms with E-state index in [1.807, 2.05) is 22.4 Å². The zero-order valence-corrected chi connectivity index (χ0v) is 13.8. The van der Waals surface area contributed by atoms with Gasteiger partial charge in [0, 0.05) is 32.6 Å². The third-order valence-electron chi connectivity index (χ3n) is 3.93. The van der Waals surface area contributed by atoms with E-state index < -0.39 is 0 Å². The molecule has 0 saturated carbocycles. The molecular weight excluding hydrogens is 312 g/mol. The molecule has 0 N–H and O–H groups in total. The van der Waals surface area contributed by atoms with Crippen LogP contribution in [0.2, 0.25) is 0 Å². The summed E-state index contributed by atoms with van der Waals surface area (Å²) >= 11 is 1.61. The number of carbonyl (C=O) groups is 1. The summed E-state index contributed by atoms with van der Waals surface area (Å²) in [6, 6.07) is 3.97. The molecule has 7 heteroatoms. The Hall–Kier alpha value is -1.99. The number of amides is 1. The Labute approximate surface area is 139 Å². The van der Waals surface area contributed by atoms with E-state index in [1.165, 1.54) is 6.08 Å². The molecule has 23 heavy (non-hydrogen) atoms. The van der Waals surface area contributed by atoms with Crippen LogP contribution in [0.5, 0.6) is 0 Å². The number of piperazine rings is 1. The molecule has 122 valence electrons. The van der Waals surface area contributed by atoms with Gasteiger partial charge in [0.05, 0.1) is 4.88 Å². The minimum atomic E-state index is 0.0246. The Morgan fingerprint density at radius 1 is 1.39 bits per heavy atom. The summed E-state index contributed by atoms with van der Waals surface area (Å²) in [6.07, 6.45) is 3.14. The highest BCUT2D eigenvalue weighted by molar-refractivity contribution is 7.13. The van der Waals surface area contributed by atoms with Crippen molar-refractivity contribution in [2.45, 2.75) is 12.8 Å². The van der Waals surface area contributed by atoms with E-state index in [4.69, 9.17) is 4.52 Å². The first-order chi connectivity index (χ1) is 11.3. The van der Waals surface area contributed by atoms with Crippen molar-refractivity contribution in [3.8, 4) is 10.7 Å². The third kappa shape index (κ3) is 4.05. The smallest absolute Gasteiger partial charge is 0.246 e. The monoisotopic (exact) mass is 332 g/mol. The van der Waals surface area contributed by atoms with E-state index in [-0.39, 0.29) is 5.91 Å². The average Bonchev–Trinajstić information content (AvgIpc) is 3.26. The largest absolute Gasteiger partial charge is 0.339 e. The fraction of sp³-hybridized carbons (Fsp3) is 0.438. The van der Waals surface area contributed by atoms with Crippen LogP contribution in [0.1, 0.15) is 12.3 Å². The van der Waals surface area contributed by atoms with Gasteiger partial charge < -0.3 is 9.42 Å². The lowest BCUT2D eigenvalue weighted by Crippen LogP contribution is -2.48. The van der Waals surface area contributed by atoms with Gasteiger partial charge in [-0.25, -0.2) is 0 Å². The molecule has 0 aromatic carbocycles. The highest BCUT2D eigenvalue weighted by Gasteiger charge is 2.19. The Morgan fingerprint density at radius 3 is 2.91 bits per heavy atom. The minimum Gasteiger partial charge on any atom is -0.339 e. The first-order valence-corrected chi connectivity index (χ1v) is 8.64. The topological polar surface area (TPSA) is 62.5 Å². The van der Waals surface area contributed by atoms with E-state index >= 15 is 0 Å². The van der Waals surface area contributed by atoms with Crippen molar-refractivity contribution in [3.05, 3.63) is 36.1 Å². The molecular formula is C16H20N4O2S. The van der Waals surface area contributed by atoms with Crippen molar-refractivity contribution >= 4 is 17.2 Å². The number of carbonyl (C=O) groups excluding carboxylic acids is 1. The molecule has 1 aliphatic heterocycles. The Balaban J connectivity index is 1.41. The second-order valence-electron chi connectivity index (χ2n) is 5.46. The molecule has 0 spiro atoms. The number of hydrogen-bond donors (Lipinski definition) is 0. The number of aromatic nitrogens is 2. The van der Waals surface area contributed by atoms with E-state index in [0.29, 0.717) is 11.7 Å². The molecule has 0 radical (unpaired) electrons. The zero-order chi connectivity index (χ0) is 16.1. The van der Waals surface area contributed by atoms with Crippen LogP contribution >= 0.6 is 11.3 Å². The summed E-state index contributed by atoms with van der Waals surface area (Å²) in [4.78, 5) is 21.2. The number of aryl methyl sites for hydroxylation is 1. The molecule has 0 unspecified atom stereocenters. The van der Waals surface area contributed by atoms with E-state index in [1.54, 1.807) is 11.3 Å². The van der Waals surface area contributed by atoms with Crippen molar-refractivity contribution in [2.75, 3.05) is 32.7 Å². The Morgan fingerprint density at radius 2 is 2.22 bits per heavy atom. The highest BCUT2D eigenvalue weighted by atomic mass is 32.1. The standard InChI is InChI=1S/C16H20N4O2S/c1-2-15(21)20-10-8-19(9-11-20)7-3-6-14-17-16(18-22-14)13-5-4-12-23-13/h2,4-5,12H,1,3,6-11H2. The lowest BCUT2D eigenvalue weighted by molar-refractivity contribution is -0.127. The SMILES string of the molecule is C=CC(=O)N1CCN(CCCc2nc(-c3cccs3)no2)CC1. The fourth-order valence-electron chi connectivity index (χ4n) is 2.64. The first-order valence-electron chi connectivity index (χ1n) is 7.76. The van der Waals surface area contributed by atoms with Gasteiger partial charge in [0.1, 0.15) is 0 Å². The molecule has 3 rings (SSSR count). The molecule has 0 atom stereocenters. The van der Waals surface area contributed by atoms with Gasteiger partial charge >= 0.3 is 0 Å². The molecule has 2 aromatic heterocycles.